The third-order valence-electron chi connectivity index (χ3n) is 4.17. The van der Waals surface area contributed by atoms with E-state index in [2.05, 4.69) is 26.7 Å². The number of benzene rings is 2. The summed E-state index contributed by atoms with van der Waals surface area (Å²) in [5.41, 5.74) is 1.87. The van der Waals surface area contributed by atoms with Crippen LogP contribution >= 0.6 is 38.5 Å². The van der Waals surface area contributed by atoms with Gasteiger partial charge in [-0.25, -0.2) is 14.3 Å². The van der Waals surface area contributed by atoms with Crippen LogP contribution in [0, 0.1) is 15.2 Å². The highest BCUT2D eigenvalue weighted by Gasteiger charge is 2.39. The van der Waals surface area contributed by atoms with E-state index in [1.165, 1.54) is 18.2 Å². The topological polar surface area (TPSA) is 70.6 Å². The van der Waals surface area contributed by atoms with Gasteiger partial charge in [0.1, 0.15) is 11.6 Å². The maximum atomic E-state index is 14.1. The molecule has 0 aliphatic heterocycles. The Morgan fingerprint density at radius 2 is 1.96 bits per heavy atom. The fraction of sp³-hybridized carbons (Fsp3) is 0.278. The smallest absolute Gasteiger partial charge is 0.276 e. The van der Waals surface area contributed by atoms with Crippen molar-refractivity contribution in [3.63, 3.8) is 0 Å². The predicted octanol–water partition coefficient (Wildman–Crippen LogP) is 4.65. The summed E-state index contributed by atoms with van der Waals surface area (Å²) in [5.74, 6) is -1.74. The third kappa shape index (κ3) is 5.37. The van der Waals surface area contributed by atoms with E-state index < -0.39 is 23.1 Å². The lowest BCUT2D eigenvalue weighted by molar-refractivity contribution is 0.0120. The number of halogens is 4. The summed E-state index contributed by atoms with van der Waals surface area (Å²) in [6, 6.07) is 6.90. The Labute approximate surface area is 176 Å². The lowest BCUT2D eigenvalue weighted by Crippen LogP contribution is -2.26. The van der Waals surface area contributed by atoms with E-state index in [1.54, 1.807) is 6.07 Å². The number of anilines is 2. The zero-order chi connectivity index (χ0) is 19.6. The number of amides is 1. The van der Waals surface area contributed by atoms with Gasteiger partial charge in [-0.3, -0.25) is 9.63 Å². The molecule has 1 aliphatic carbocycles. The van der Waals surface area contributed by atoms with Crippen molar-refractivity contribution in [1.29, 1.82) is 0 Å². The van der Waals surface area contributed by atoms with E-state index >= 15 is 0 Å². The molecule has 1 saturated carbocycles. The van der Waals surface area contributed by atoms with Crippen LogP contribution in [0.1, 0.15) is 29.6 Å². The molecule has 144 valence electrons. The molecule has 0 bridgehead atoms. The normalized spacial score (nSPS) is 14.7. The van der Waals surface area contributed by atoms with Gasteiger partial charge in [-0.15, -0.1) is 0 Å². The number of nitrogens with one attached hydrogen (secondary N) is 2. The van der Waals surface area contributed by atoms with Crippen LogP contribution < -0.4 is 10.8 Å². The summed E-state index contributed by atoms with van der Waals surface area (Å²) < 4.78 is 28.9. The van der Waals surface area contributed by atoms with Gasteiger partial charge in [0.15, 0.2) is 0 Å². The number of rotatable bonds is 7. The fourth-order valence-electron chi connectivity index (χ4n) is 2.38. The van der Waals surface area contributed by atoms with Gasteiger partial charge in [-0.2, -0.15) is 0 Å². The molecule has 1 fully saturated rings. The average Bonchev–Trinajstić information content (AvgIpc) is 3.34. The van der Waals surface area contributed by atoms with Crippen LogP contribution in [0.2, 0.25) is 0 Å². The molecule has 3 rings (SSSR count). The van der Waals surface area contributed by atoms with Crippen molar-refractivity contribution in [3.05, 3.63) is 55.6 Å². The molecule has 0 spiro atoms. The number of carbonyl (C=O) groups excluding carboxylic acids is 1. The van der Waals surface area contributed by atoms with Gasteiger partial charge in [0, 0.05) is 9.99 Å². The van der Waals surface area contributed by atoms with E-state index in [1.807, 2.05) is 22.6 Å². The number of hydrogen-bond donors (Lipinski definition) is 3. The van der Waals surface area contributed by atoms with Crippen molar-refractivity contribution in [3.8, 4) is 0 Å². The van der Waals surface area contributed by atoms with Crippen molar-refractivity contribution in [1.82, 2.24) is 5.48 Å². The maximum absolute atomic E-state index is 14.1. The predicted molar refractivity (Wildman–Crippen MR) is 109 cm³/mol. The SMILES string of the molecule is O=C(NOCCC1(O)CC1)c1cc(Br)c(F)cc1Nc1ccc(I)cc1F. The Morgan fingerprint density at radius 3 is 2.63 bits per heavy atom. The molecule has 2 aromatic rings. The van der Waals surface area contributed by atoms with Crippen LogP contribution in [-0.4, -0.2) is 23.2 Å². The Kier molecular flexibility index (Phi) is 6.34. The highest BCUT2D eigenvalue weighted by molar-refractivity contribution is 14.1. The molecule has 0 aromatic heterocycles. The minimum atomic E-state index is -0.682. The monoisotopic (exact) mass is 552 g/mol. The lowest BCUT2D eigenvalue weighted by Gasteiger charge is -2.14. The molecule has 27 heavy (non-hydrogen) atoms. The molecule has 0 atom stereocenters. The van der Waals surface area contributed by atoms with E-state index in [4.69, 9.17) is 4.84 Å². The Bertz CT molecular complexity index is 878. The van der Waals surface area contributed by atoms with E-state index in [0.717, 1.165) is 18.9 Å². The highest BCUT2D eigenvalue weighted by Crippen LogP contribution is 2.38. The van der Waals surface area contributed by atoms with Gasteiger partial charge in [-0.1, -0.05) is 0 Å². The van der Waals surface area contributed by atoms with E-state index in [9.17, 15) is 18.7 Å². The van der Waals surface area contributed by atoms with Crippen molar-refractivity contribution in [2.45, 2.75) is 24.9 Å². The number of carbonyl (C=O) groups is 1. The molecule has 1 amide bonds. The number of hydrogen-bond acceptors (Lipinski definition) is 4. The third-order valence-corrected chi connectivity index (χ3v) is 5.45. The highest BCUT2D eigenvalue weighted by atomic mass is 127. The number of aliphatic hydroxyl groups is 1. The summed E-state index contributed by atoms with van der Waals surface area (Å²) in [6.07, 6.45) is 1.87. The quantitative estimate of drug-likeness (QED) is 0.266. The molecule has 2 aromatic carbocycles. The molecule has 0 unspecified atom stereocenters. The average molecular weight is 553 g/mol. The molecule has 3 N–H and O–H groups in total. The molecule has 0 heterocycles. The first-order valence-electron chi connectivity index (χ1n) is 8.13. The van der Waals surface area contributed by atoms with Crippen molar-refractivity contribution in [2.24, 2.45) is 0 Å². The summed E-state index contributed by atoms with van der Waals surface area (Å²) in [4.78, 5) is 17.5. The van der Waals surface area contributed by atoms with Crippen LogP contribution in [-0.2, 0) is 4.84 Å². The molecule has 0 saturated heterocycles. The van der Waals surface area contributed by atoms with Gasteiger partial charge < -0.3 is 10.4 Å². The Morgan fingerprint density at radius 1 is 1.22 bits per heavy atom. The van der Waals surface area contributed by atoms with Crippen LogP contribution in [0.5, 0.6) is 0 Å². The first-order chi connectivity index (χ1) is 12.8. The Balaban J connectivity index is 1.74. The molecule has 9 heteroatoms. The molecule has 5 nitrogen and oxygen atoms in total. The lowest BCUT2D eigenvalue weighted by atomic mass is 10.1. The first-order valence-corrected chi connectivity index (χ1v) is 10.0. The Hall–Kier alpha value is -1.30. The van der Waals surface area contributed by atoms with Crippen LogP contribution in [0.3, 0.4) is 0 Å². The van der Waals surface area contributed by atoms with Crippen LogP contribution in [0.25, 0.3) is 0 Å². The van der Waals surface area contributed by atoms with Gasteiger partial charge in [0.05, 0.1) is 33.6 Å². The fourth-order valence-corrected chi connectivity index (χ4v) is 3.18. The molecular weight excluding hydrogens is 537 g/mol. The second-order valence-corrected chi connectivity index (χ2v) is 8.42. The maximum Gasteiger partial charge on any atom is 0.276 e. The largest absolute Gasteiger partial charge is 0.390 e. The van der Waals surface area contributed by atoms with Gasteiger partial charge in [0.25, 0.3) is 5.91 Å². The second kappa shape index (κ2) is 8.38. The van der Waals surface area contributed by atoms with Crippen molar-refractivity contribution < 1.29 is 23.5 Å². The van der Waals surface area contributed by atoms with Crippen LogP contribution in [0.15, 0.2) is 34.8 Å². The van der Waals surface area contributed by atoms with Gasteiger partial charge in [0.2, 0.25) is 0 Å². The van der Waals surface area contributed by atoms with Gasteiger partial charge >= 0.3 is 0 Å². The minimum Gasteiger partial charge on any atom is -0.390 e. The van der Waals surface area contributed by atoms with Crippen LogP contribution in [0.4, 0.5) is 20.2 Å². The van der Waals surface area contributed by atoms with E-state index in [0.29, 0.717) is 9.99 Å². The number of hydroxylamine groups is 1. The molecular formula is C18H16BrF2IN2O3. The second-order valence-electron chi connectivity index (χ2n) is 6.32. The molecule has 0 radical (unpaired) electrons. The van der Waals surface area contributed by atoms with Gasteiger partial charge in [-0.05, 0) is 81.7 Å². The summed E-state index contributed by atoms with van der Waals surface area (Å²) in [7, 11) is 0. The zero-order valence-electron chi connectivity index (χ0n) is 14.0. The zero-order valence-corrected chi connectivity index (χ0v) is 17.7. The minimum absolute atomic E-state index is 0.0753. The standard InChI is InChI=1S/C18H16BrF2IN2O3/c19-12-8-11(17(25)24-27-6-5-18(26)3-4-18)16(9-13(12)20)23-15-2-1-10(22)7-14(15)21/h1-2,7-9,23,26H,3-6H2,(H,24,25). The van der Waals surface area contributed by atoms with Crippen molar-refractivity contribution >= 4 is 55.8 Å². The van der Waals surface area contributed by atoms with E-state index in [-0.39, 0.29) is 28.0 Å². The summed E-state index contributed by atoms with van der Waals surface area (Å²) >= 11 is 5.02. The first kappa shape index (κ1) is 20.4. The summed E-state index contributed by atoms with van der Waals surface area (Å²) in [6.45, 7) is 0.152. The summed E-state index contributed by atoms with van der Waals surface area (Å²) in [5, 5.41) is 12.5. The van der Waals surface area contributed by atoms with Crippen molar-refractivity contribution in [2.75, 3.05) is 11.9 Å². The molecule has 1 aliphatic rings.